The molecule has 3 saturated heterocycles. The Kier molecular flexibility index (Phi) is 99.4. The summed E-state index contributed by atoms with van der Waals surface area (Å²) >= 11 is 0. The van der Waals surface area contributed by atoms with E-state index in [4.69, 9.17) is 36.1 Å². The number of hydrogen-bond acceptors (Lipinski definition) is 23. The summed E-state index contributed by atoms with van der Waals surface area (Å²) in [6.45, 7) is 24.6. The van der Waals surface area contributed by atoms with Gasteiger partial charge in [0.2, 0.25) is 17.7 Å². The van der Waals surface area contributed by atoms with Crippen LogP contribution in [0.15, 0.2) is 91.0 Å². The van der Waals surface area contributed by atoms with Crippen LogP contribution in [0.25, 0.3) is 0 Å². The van der Waals surface area contributed by atoms with E-state index in [0.717, 1.165) is 87.8 Å². The van der Waals surface area contributed by atoms with E-state index in [9.17, 15) is 57.5 Å². The quantitative estimate of drug-likeness (QED) is 0.0108. The Balaban J connectivity index is -0.000000187. The summed E-state index contributed by atoms with van der Waals surface area (Å²) in [7, 11) is 2.53. The summed E-state index contributed by atoms with van der Waals surface area (Å²) in [5.74, 6) is -2.91. The van der Waals surface area contributed by atoms with E-state index in [0.29, 0.717) is 77.7 Å². The summed E-state index contributed by atoms with van der Waals surface area (Å²) in [6, 6.07) is 24.9. The highest BCUT2D eigenvalue weighted by molar-refractivity contribution is 5.96. The number of alkyl carbamates (subject to hydrolysis) is 5. The molecule has 0 spiro atoms. The van der Waals surface area contributed by atoms with Gasteiger partial charge in [-0.1, -0.05) is 256 Å². The molecule has 31 heteroatoms. The molecular formula is C90H167N11O20. The van der Waals surface area contributed by atoms with Gasteiger partial charge in [-0.15, -0.1) is 0 Å². The van der Waals surface area contributed by atoms with Crippen LogP contribution < -0.4 is 59.7 Å². The lowest BCUT2D eigenvalue weighted by molar-refractivity contribution is -0.142. The molecule has 0 radical (unpaired) electrons. The van der Waals surface area contributed by atoms with Gasteiger partial charge in [-0.3, -0.25) is 24.0 Å². The number of nitrogens with one attached hydrogen (secondary N) is 8. The highest BCUT2D eigenvalue weighted by Crippen LogP contribution is 2.12. The van der Waals surface area contributed by atoms with Gasteiger partial charge in [0.25, 0.3) is 0 Å². The van der Waals surface area contributed by atoms with Gasteiger partial charge in [0.1, 0.15) is 37.9 Å². The number of ether oxygens (including phenoxy) is 8. The molecule has 121 heavy (non-hydrogen) atoms. The van der Waals surface area contributed by atoms with E-state index in [1.54, 1.807) is 0 Å². The van der Waals surface area contributed by atoms with Crippen LogP contribution >= 0.6 is 0 Å². The van der Waals surface area contributed by atoms with Crippen molar-refractivity contribution < 1.29 is 95.4 Å². The van der Waals surface area contributed by atoms with Crippen LogP contribution in [-0.4, -0.2) is 169 Å². The predicted octanol–water partition coefficient (Wildman–Crippen LogP) is 16.2. The molecule has 14 N–H and O–H groups in total. The third kappa shape index (κ3) is 76.4. The lowest BCUT2D eigenvalue weighted by Gasteiger charge is -2.21. The maximum atomic E-state index is 12.7. The number of nitrogens with two attached hydrogens (primary N) is 3. The minimum atomic E-state index is -0.926. The molecule has 6 rings (SSSR count). The summed E-state index contributed by atoms with van der Waals surface area (Å²) < 4.78 is 37.8. The summed E-state index contributed by atoms with van der Waals surface area (Å²) in [5, 5.41) is 21.2. The molecule has 5 atom stereocenters. The maximum Gasteiger partial charge on any atom is 0.415 e. The largest absolute Gasteiger partial charge is 0.469 e. The third-order valence-electron chi connectivity index (χ3n) is 16.4. The zero-order valence-electron chi connectivity index (χ0n) is 70.8. The number of hydrogen-bond donors (Lipinski definition) is 11. The molecule has 31 nitrogen and oxygen atoms in total. The normalized spacial score (nSPS) is 13.1. The number of rotatable bonds is 45. The molecule has 0 saturated carbocycles. The minimum Gasteiger partial charge on any atom is -0.469 e. The van der Waals surface area contributed by atoms with Gasteiger partial charge in [-0.2, -0.15) is 0 Å². The first kappa shape index (κ1) is 130. The number of cyclic esters (lactones) is 4. The van der Waals surface area contributed by atoms with E-state index in [1.165, 1.54) is 65.6 Å². The number of carbonyl (C=O) groups is 12. The molecular weight excluding hydrogens is 1560 g/mol. The van der Waals surface area contributed by atoms with Crippen LogP contribution in [0.3, 0.4) is 0 Å². The van der Waals surface area contributed by atoms with Crippen LogP contribution in [0.2, 0.25) is 0 Å². The fourth-order valence-electron chi connectivity index (χ4n) is 9.91. The molecule has 8 amide bonds. The van der Waals surface area contributed by atoms with Gasteiger partial charge >= 0.3 is 54.3 Å². The van der Waals surface area contributed by atoms with Crippen molar-refractivity contribution in [2.24, 2.45) is 17.2 Å². The van der Waals surface area contributed by atoms with Gasteiger partial charge in [0.15, 0.2) is 0 Å². The molecule has 0 bridgehead atoms. The zero-order chi connectivity index (χ0) is 86.3. The zero-order valence-corrected chi connectivity index (χ0v) is 70.8. The van der Waals surface area contributed by atoms with E-state index < -0.39 is 90.5 Å². The average Bonchev–Trinajstić information content (AvgIpc) is 1.81. The molecule has 3 fully saturated rings. The van der Waals surface area contributed by atoms with Gasteiger partial charge in [0, 0.05) is 58.8 Å². The molecule has 0 aromatic heterocycles. The van der Waals surface area contributed by atoms with Crippen LogP contribution in [-0.2, 0) is 91.3 Å². The Morgan fingerprint density at radius 2 is 0.752 bits per heavy atom. The predicted molar refractivity (Wildman–Crippen MR) is 485 cm³/mol. The first-order chi connectivity index (χ1) is 55.7. The second-order valence-corrected chi connectivity index (χ2v) is 25.6. The van der Waals surface area contributed by atoms with Crippen LogP contribution in [0.4, 0.5) is 24.0 Å². The van der Waals surface area contributed by atoms with Crippen molar-refractivity contribution in [2.45, 2.75) is 330 Å². The van der Waals surface area contributed by atoms with Crippen molar-refractivity contribution >= 4 is 72.1 Å². The molecule has 3 aromatic carbocycles. The number of benzene rings is 3. The standard InChI is InChI=1S/C26H42N4O6.C20H33N3O3.C15H18N2O5.C7H9NO5.C6H15N.C4H8O.3C2H6.6CH4/c1-3-4-5-10-17-28-25(33)22(30-24(32)21(27)15-16-23(31)35-2)14-9-11-18-29-26(34)36-19-20-12-7-6-8-13-20;1-2-3-4-9-14-22-19(24)18(21)13-8-10-15-23-20(25)26-16-17-11-6-5-7-12-17;18-13-12(17-15(20)22-13)8-4-5-9-16-14(19)21-10-11-6-2-1-3-7-11;1-12-5(9)3-2-4-6(10)13-7(11)8-4;1-2-3-4-5-6-7;1-2-4-5-3-1;3*1-2;;;;;;/h6-8,12-13,21-22H,3-5,9-11,14-19,27H2,1-2H3,(H,28,33)(H,29,34)(H,30,32);5-7,11-12,18H,2-4,8-10,13-16,21H2,1H3,(H,22,24)(H,23,25);1-3,6-7,12H,4-5,8-10H2,(H,16,19)(H,17,20);4H,2-3H2,1H3,(H,8,11);2-7H2,1H3;1-4H2;3*1-2H3;6*1H4. The van der Waals surface area contributed by atoms with Crippen molar-refractivity contribution in [2.75, 3.05) is 66.7 Å². The van der Waals surface area contributed by atoms with E-state index >= 15 is 0 Å². The molecule has 3 heterocycles. The smallest absolute Gasteiger partial charge is 0.415 e. The first-order valence-corrected chi connectivity index (χ1v) is 41.4. The van der Waals surface area contributed by atoms with Gasteiger partial charge in [-0.05, 0) is 126 Å². The maximum absolute atomic E-state index is 12.7. The highest BCUT2D eigenvalue weighted by atomic mass is 16.6. The van der Waals surface area contributed by atoms with Crippen molar-refractivity contribution in [1.29, 1.82) is 0 Å². The Bertz CT molecular complexity index is 2990. The lowest BCUT2D eigenvalue weighted by atomic mass is 10.1. The monoisotopic (exact) mass is 1720 g/mol. The Labute approximate surface area is 728 Å². The average molecular weight is 1720 g/mol. The van der Waals surface area contributed by atoms with Crippen molar-refractivity contribution in [3.63, 3.8) is 0 Å². The molecule has 3 aliphatic rings. The molecule has 0 aliphatic carbocycles. The molecule has 3 aliphatic heterocycles. The Morgan fingerprint density at radius 1 is 0.413 bits per heavy atom. The third-order valence-corrected chi connectivity index (χ3v) is 16.4. The lowest BCUT2D eigenvalue weighted by Crippen LogP contribution is -2.51. The van der Waals surface area contributed by atoms with Crippen LogP contribution in [0.5, 0.6) is 0 Å². The van der Waals surface area contributed by atoms with Crippen LogP contribution in [0.1, 0.15) is 297 Å². The van der Waals surface area contributed by atoms with Crippen molar-refractivity contribution in [1.82, 2.24) is 42.5 Å². The highest BCUT2D eigenvalue weighted by Gasteiger charge is 2.33. The Morgan fingerprint density at radius 3 is 1.11 bits per heavy atom. The van der Waals surface area contributed by atoms with E-state index in [2.05, 4.69) is 82.3 Å². The number of amides is 8. The minimum absolute atomic E-state index is 0. The Hall–Kier alpha value is -9.46. The number of unbranched alkanes of at least 4 members (excludes halogenated alkanes) is 12. The molecule has 3 aromatic rings. The topological polar surface area (TPSA) is 453 Å². The first-order valence-electron chi connectivity index (χ1n) is 41.4. The summed E-state index contributed by atoms with van der Waals surface area (Å²) in [6.07, 6.45) is 19.5. The van der Waals surface area contributed by atoms with Gasteiger partial charge in [0.05, 0.1) is 26.3 Å². The SMILES string of the molecule is C.C.C.C.C.C.C1CCOC1.CC.CC.CC.CCCCCCN.CCCCCCNC(=O)C(CCCCNC(=O)OCc1ccccc1)NC(=O)C(N)CCC(=O)OC.CCCCCCNC(=O)C(N)CCCCNC(=O)OCc1ccccc1.COC(=O)CCC1NC(=O)OC1=O.O=C(NCCCCC1NC(=O)OC1=O)OCc1ccccc1. The summed E-state index contributed by atoms with van der Waals surface area (Å²) in [5.41, 5.74) is 19.8. The number of carbonyl (C=O) groups excluding carboxylic acids is 12. The van der Waals surface area contributed by atoms with Crippen LogP contribution in [0, 0.1) is 0 Å². The fourth-order valence-corrected chi connectivity index (χ4v) is 9.91. The molecule has 702 valence electrons. The van der Waals surface area contributed by atoms with Crippen molar-refractivity contribution in [3.8, 4) is 0 Å². The van der Waals surface area contributed by atoms with Gasteiger partial charge < -0.3 is 97.6 Å². The number of methoxy groups -OCH3 is 2. The number of esters is 4. The van der Waals surface area contributed by atoms with E-state index in [1.807, 2.05) is 133 Å². The second kappa shape index (κ2) is 92.8. The summed E-state index contributed by atoms with van der Waals surface area (Å²) in [4.78, 5) is 137. The van der Waals surface area contributed by atoms with E-state index in [-0.39, 0.29) is 102 Å². The van der Waals surface area contributed by atoms with Gasteiger partial charge in [-0.25, -0.2) is 33.6 Å². The van der Waals surface area contributed by atoms with Crippen molar-refractivity contribution in [3.05, 3.63) is 108 Å². The molecule has 5 unspecified atom stereocenters. The fraction of sp³-hybridized carbons (Fsp3) is 0.667. The second-order valence-electron chi connectivity index (χ2n) is 25.6.